The Kier molecular flexibility index (Phi) is 17.1. The van der Waals surface area contributed by atoms with Crippen molar-refractivity contribution < 1.29 is 43.5 Å². The van der Waals surface area contributed by atoms with Gasteiger partial charge in [0.2, 0.25) is 5.75 Å². The van der Waals surface area contributed by atoms with E-state index in [4.69, 9.17) is 18.9 Å². The first-order valence-electron chi connectivity index (χ1n) is 15.9. The molecule has 0 fully saturated rings. The van der Waals surface area contributed by atoms with Crippen LogP contribution in [0.4, 0.5) is 0 Å². The molecule has 0 saturated carbocycles. The predicted octanol–water partition coefficient (Wildman–Crippen LogP) is 6.67. The van der Waals surface area contributed by atoms with Gasteiger partial charge in [0.1, 0.15) is 5.41 Å². The standard InChI is InChI=1S/C35H50O9/c1-4-27(2)32(38)43-30-22-18-21-29(31(30)44-33(39)28-19-14-13-15-20-28)41-23-16-11-9-7-5-6-8-10-12-17-24-42-34(40)35(3,25-36)26-37/h13-15,18-22,27,36-37H,4-12,16-17,23-26H2,1-3H3. The Bertz CT molecular complexity index is 1130. The molecular weight excluding hydrogens is 564 g/mol. The lowest BCUT2D eigenvalue weighted by molar-refractivity contribution is -0.160. The molecule has 1 unspecified atom stereocenters. The summed E-state index contributed by atoms with van der Waals surface area (Å²) >= 11 is 0. The lowest BCUT2D eigenvalue weighted by atomic mass is 9.93. The van der Waals surface area contributed by atoms with Gasteiger partial charge in [0.05, 0.1) is 37.9 Å². The fraction of sp³-hybridized carbons (Fsp3) is 0.571. The van der Waals surface area contributed by atoms with Gasteiger partial charge in [0.15, 0.2) is 11.5 Å². The number of hydrogen-bond donors (Lipinski definition) is 2. The van der Waals surface area contributed by atoms with E-state index in [0.717, 1.165) is 64.2 Å². The third kappa shape index (κ3) is 12.7. The Morgan fingerprint density at radius 1 is 0.727 bits per heavy atom. The van der Waals surface area contributed by atoms with Crippen LogP contribution in [0.5, 0.6) is 17.2 Å². The number of carbonyl (C=O) groups is 3. The number of rotatable bonds is 22. The highest BCUT2D eigenvalue weighted by atomic mass is 16.6. The van der Waals surface area contributed by atoms with Crippen LogP contribution in [0, 0.1) is 11.3 Å². The lowest BCUT2D eigenvalue weighted by Crippen LogP contribution is -2.37. The van der Waals surface area contributed by atoms with Crippen molar-refractivity contribution in [1.82, 2.24) is 0 Å². The maximum atomic E-state index is 12.8. The topological polar surface area (TPSA) is 129 Å². The Balaban J connectivity index is 1.69. The van der Waals surface area contributed by atoms with Crippen LogP contribution in [0.1, 0.15) is 102 Å². The van der Waals surface area contributed by atoms with Crippen LogP contribution in [0.15, 0.2) is 48.5 Å². The van der Waals surface area contributed by atoms with Crippen molar-refractivity contribution >= 4 is 17.9 Å². The number of aliphatic hydroxyl groups excluding tert-OH is 2. The van der Waals surface area contributed by atoms with Crippen LogP contribution < -0.4 is 14.2 Å². The smallest absolute Gasteiger partial charge is 0.343 e. The number of hydrogen-bond acceptors (Lipinski definition) is 9. The Morgan fingerprint density at radius 3 is 1.84 bits per heavy atom. The van der Waals surface area contributed by atoms with Crippen LogP contribution in [-0.2, 0) is 14.3 Å². The molecule has 1 atom stereocenters. The number of aliphatic hydroxyl groups is 2. The van der Waals surface area contributed by atoms with Gasteiger partial charge in [-0.05, 0) is 50.5 Å². The molecule has 2 rings (SSSR count). The molecule has 2 N–H and O–H groups in total. The van der Waals surface area contributed by atoms with E-state index in [1.54, 1.807) is 49.4 Å². The first-order chi connectivity index (χ1) is 21.3. The zero-order valence-electron chi connectivity index (χ0n) is 26.6. The van der Waals surface area contributed by atoms with Gasteiger partial charge in [-0.3, -0.25) is 9.59 Å². The van der Waals surface area contributed by atoms with E-state index in [-0.39, 0.29) is 17.4 Å². The second-order valence-corrected chi connectivity index (χ2v) is 11.5. The van der Waals surface area contributed by atoms with Crippen LogP contribution in [0.3, 0.4) is 0 Å². The maximum absolute atomic E-state index is 12.8. The molecule has 9 nitrogen and oxygen atoms in total. The lowest BCUT2D eigenvalue weighted by Gasteiger charge is -2.22. The summed E-state index contributed by atoms with van der Waals surface area (Å²) < 4.78 is 22.5. The van der Waals surface area contributed by atoms with Crippen molar-refractivity contribution in [2.45, 2.75) is 91.4 Å². The minimum absolute atomic E-state index is 0.102. The fourth-order valence-corrected chi connectivity index (χ4v) is 4.21. The summed E-state index contributed by atoms with van der Waals surface area (Å²) in [7, 11) is 0. The van der Waals surface area contributed by atoms with Crippen molar-refractivity contribution in [2.24, 2.45) is 11.3 Å². The van der Waals surface area contributed by atoms with E-state index in [1.807, 2.05) is 13.0 Å². The van der Waals surface area contributed by atoms with E-state index < -0.39 is 36.5 Å². The molecule has 0 aliphatic heterocycles. The molecule has 0 aliphatic carbocycles. The van der Waals surface area contributed by atoms with Gasteiger partial charge in [-0.2, -0.15) is 0 Å². The fourth-order valence-electron chi connectivity index (χ4n) is 4.21. The van der Waals surface area contributed by atoms with Gasteiger partial charge in [-0.1, -0.05) is 89.5 Å². The Hall–Kier alpha value is -3.43. The number of unbranched alkanes of at least 4 members (excludes halogenated alkanes) is 9. The molecule has 2 aromatic rings. The minimum atomic E-state index is -1.24. The molecule has 0 aliphatic rings. The zero-order chi connectivity index (χ0) is 32.2. The Morgan fingerprint density at radius 2 is 1.27 bits per heavy atom. The highest BCUT2D eigenvalue weighted by Gasteiger charge is 2.33. The van der Waals surface area contributed by atoms with Crippen LogP contribution in [0.25, 0.3) is 0 Å². The van der Waals surface area contributed by atoms with Crippen molar-refractivity contribution in [3.05, 3.63) is 54.1 Å². The van der Waals surface area contributed by atoms with Crippen LogP contribution >= 0.6 is 0 Å². The van der Waals surface area contributed by atoms with E-state index in [2.05, 4.69) is 0 Å². The van der Waals surface area contributed by atoms with Crippen molar-refractivity contribution in [3.8, 4) is 17.2 Å². The molecule has 0 aromatic heterocycles. The number of esters is 3. The molecule has 0 bridgehead atoms. The van der Waals surface area contributed by atoms with Crippen molar-refractivity contribution in [1.29, 1.82) is 0 Å². The monoisotopic (exact) mass is 614 g/mol. The third-order valence-electron chi connectivity index (χ3n) is 7.59. The summed E-state index contributed by atoms with van der Waals surface area (Å²) in [6.07, 6.45) is 11.0. The second-order valence-electron chi connectivity index (χ2n) is 11.5. The van der Waals surface area contributed by atoms with Crippen molar-refractivity contribution in [2.75, 3.05) is 26.4 Å². The number of carbonyl (C=O) groups excluding carboxylic acids is 3. The quantitative estimate of drug-likeness (QED) is 0.0849. The summed E-state index contributed by atoms with van der Waals surface area (Å²) in [5, 5.41) is 18.5. The first kappa shape index (κ1) is 36.8. The van der Waals surface area contributed by atoms with Crippen LogP contribution in [-0.4, -0.2) is 54.5 Å². The summed E-state index contributed by atoms with van der Waals surface area (Å²) in [6, 6.07) is 13.7. The summed E-state index contributed by atoms with van der Waals surface area (Å²) in [4.78, 5) is 37.2. The van der Waals surface area contributed by atoms with E-state index >= 15 is 0 Å². The molecule has 2 aromatic carbocycles. The first-order valence-corrected chi connectivity index (χ1v) is 15.9. The van der Waals surface area contributed by atoms with E-state index in [1.165, 1.54) is 6.92 Å². The number of benzene rings is 2. The second kappa shape index (κ2) is 20.5. The third-order valence-corrected chi connectivity index (χ3v) is 7.59. The van der Waals surface area contributed by atoms with Gasteiger partial charge in [0, 0.05) is 0 Å². The van der Waals surface area contributed by atoms with Crippen molar-refractivity contribution in [3.63, 3.8) is 0 Å². The number of ether oxygens (including phenoxy) is 4. The highest BCUT2D eigenvalue weighted by molar-refractivity contribution is 5.92. The molecule has 244 valence electrons. The molecule has 0 spiro atoms. The van der Waals surface area contributed by atoms with Crippen LogP contribution in [0.2, 0.25) is 0 Å². The van der Waals surface area contributed by atoms with E-state index in [9.17, 15) is 24.6 Å². The molecule has 44 heavy (non-hydrogen) atoms. The van der Waals surface area contributed by atoms with Gasteiger partial charge in [0.25, 0.3) is 0 Å². The minimum Gasteiger partial charge on any atom is -0.490 e. The van der Waals surface area contributed by atoms with Gasteiger partial charge in [-0.15, -0.1) is 0 Å². The summed E-state index contributed by atoms with van der Waals surface area (Å²) in [5.41, 5.74) is -0.853. The predicted molar refractivity (Wildman–Crippen MR) is 168 cm³/mol. The normalized spacial score (nSPS) is 11.9. The average Bonchev–Trinajstić information content (AvgIpc) is 3.05. The molecule has 0 radical (unpaired) electrons. The molecular formula is C35H50O9. The van der Waals surface area contributed by atoms with E-state index in [0.29, 0.717) is 30.9 Å². The Labute approximate surface area is 261 Å². The number of para-hydroxylation sites is 1. The molecule has 0 heterocycles. The summed E-state index contributed by atoms with van der Waals surface area (Å²) in [5.74, 6) is -1.20. The van der Waals surface area contributed by atoms with Gasteiger partial charge in [-0.25, -0.2) is 4.79 Å². The maximum Gasteiger partial charge on any atom is 0.343 e. The average molecular weight is 615 g/mol. The zero-order valence-corrected chi connectivity index (χ0v) is 26.6. The molecule has 9 heteroatoms. The molecule has 0 amide bonds. The van der Waals surface area contributed by atoms with Gasteiger partial charge < -0.3 is 29.2 Å². The SMILES string of the molecule is CCC(C)C(=O)Oc1cccc(OCCCCCCCCCCCCOC(=O)C(C)(CO)CO)c1OC(=O)c1ccccc1. The highest BCUT2D eigenvalue weighted by Crippen LogP contribution is 2.38. The largest absolute Gasteiger partial charge is 0.490 e. The molecule has 0 saturated heterocycles. The van der Waals surface area contributed by atoms with Gasteiger partial charge >= 0.3 is 17.9 Å². The summed E-state index contributed by atoms with van der Waals surface area (Å²) in [6.45, 7) is 5.06.